The molecule has 0 bridgehead atoms. The molecule has 0 radical (unpaired) electrons. The molecular weight excluding hydrogens is 464 g/mol. The van der Waals surface area contributed by atoms with Crippen LogP contribution in [0.5, 0.6) is 0 Å². The van der Waals surface area contributed by atoms with Crippen molar-refractivity contribution in [3.8, 4) is 33.4 Å². The van der Waals surface area contributed by atoms with Gasteiger partial charge in [-0.3, -0.25) is 0 Å². The van der Waals surface area contributed by atoms with Crippen LogP contribution in [0.2, 0.25) is 0 Å². The van der Waals surface area contributed by atoms with E-state index in [1.54, 1.807) is 0 Å². The van der Waals surface area contributed by atoms with Gasteiger partial charge in [-0.05, 0) is 76.9 Å². The topological polar surface area (TPSA) is 0 Å². The number of hydrogen-bond acceptors (Lipinski definition) is 0. The van der Waals surface area contributed by atoms with Crippen LogP contribution in [0.3, 0.4) is 0 Å². The molecule has 0 saturated heterocycles. The Balaban J connectivity index is 1.51. The molecule has 0 unspecified atom stereocenters. The Bertz CT molecular complexity index is 1540. The first kappa shape index (κ1) is 20.0. The maximum Gasteiger partial charge on any atom is 0.0332 e. The Hall–Kier alpha value is -3.68. The molecule has 33 heavy (non-hydrogen) atoms. The van der Waals surface area contributed by atoms with E-state index in [1.807, 2.05) is 0 Å². The van der Waals surface area contributed by atoms with Crippen molar-refractivity contribution in [2.75, 3.05) is 0 Å². The summed E-state index contributed by atoms with van der Waals surface area (Å²) in [7, 11) is 0. The molecule has 0 aliphatic rings. The molecular formula is C32H21Br. The van der Waals surface area contributed by atoms with Crippen LogP contribution in [-0.4, -0.2) is 0 Å². The van der Waals surface area contributed by atoms with Gasteiger partial charge in [-0.15, -0.1) is 0 Å². The lowest BCUT2D eigenvalue weighted by atomic mass is 9.90. The van der Waals surface area contributed by atoms with Crippen LogP contribution in [-0.2, 0) is 0 Å². The first-order valence-electron chi connectivity index (χ1n) is 11.1. The van der Waals surface area contributed by atoms with E-state index < -0.39 is 0 Å². The maximum atomic E-state index is 3.87. The zero-order chi connectivity index (χ0) is 22.2. The van der Waals surface area contributed by atoms with E-state index in [-0.39, 0.29) is 0 Å². The smallest absolute Gasteiger partial charge is 0.0332 e. The van der Waals surface area contributed by atoms with Gasteiger partial charge in [0.05, 0.1) is 0 Å². The number of fused-ring (bicyclic) bond motifs is 2. The number of benzene rings is 6. The van der Waals surface area contributed by atoms with Crippen molar-refractivity contribution < 1.29 is 0 Å². The minimum absolute atomic E-state index is 1.16. The highest BCUT2D eigenvalue weighted by Gasteiger charge is 2.14. The third-order valence-electron chi connectivity index (χ3n) is 6.34. The van der Waals surface area contributed by atoms with E-state index in [1.165, 1.54) is 54.9 Å². The summed E-state index contributed by atoms with van der Waals surface area (Å²) in [6, 6.07) is 45.6. The first-order chi connectivity index (χ1) is 16.3. The highest BCUT2D eigenvalue weighted by molar-refractivity contribution is 9.10. The van der Waals surface area contributed by atoms with Gasteiger partial charge in [0.2, 0.25) is 0 Å². The normalized spacial score (nSPS) is 11.2. The van der Waals surface area contributed by atoms with E-state index in [9.17, 15) is 0 Å². The first-order valence-corrected chi connectivity index (χ1v) is 11.9. The molecule has 0 spiro atoms. The molecule has 6 rings (SSSR count). The van der Waals surface area contributed by atoms with Crippen LogP contribution in [0.4, 0.5) is 0 Å². The Morgan fingerprint density at radius 3 is 1.36 bits per heavy atom. The van der Waals surface area contributed by atoms with Crippen LogP contribution in [0.15, 0.2) is 132 Å². The van der Waals surface area contributed by atoms with Gasteiger partial charge in [0.25, 0.3) is 0 Å². The molecule has 0 fully saturated rings. The van der Waals surface area contributed by atoms with Gasteiger partial charge < -0.3 is 0 Å². The second-order valence-corrected chi connectivity index (χ2v) is 9.10. The molecule has 6 aromatic carbocycles. The number of rotatable bonds is 3. The largest absolute Gasteiger partial charge is 0.0622 e. The van der Waals surface area contributed by atoms with Crippen molar-refractivity contribution >= 4 is 37.5 Å². The lowest BCUT2D eigenvalue weighted by Crippen LogP contribution is -1.88. The monoisotopic (exact) mass is 484 g/mol. The van der Waals surface area contributed by atoms with E-state index in [4.69, 9.17) is 0 Å². The van der Waals surface area contributed by atoms with E-state index in [0.29, 0.717) is 0 Å². The minimum atomic E-state index is 1.16. The van der Waals surface area contributed by atoms with Gasteiger partial charge in [-0.2, -0.15) is 0 Å². The van der Waals surface area contributed by atoms with Crippen LogP contribution in [0, 0.1) is 0 Å². The Morgan fingerprint density at radius 2 is 0.758 bits per heavy atom. The lowest BCUT2D eigenvalue weighted by Gasteiger charge is -2.15. The Morgan fingerprint density at radius 1 is 0.333 bits per heavy atom. The van der Waals surface area contributed by atoms with Gasteiger partial charge in [0.15, 0.2) is 0 Å². The molecule has 6 aromatic rings. The van der Waals surface area contributed by atoms with Crippen molar-refractivity contribution in [3.63, 3.8) is 0 Å². The van der Waals surface area contributed by atoms with E-state index >= 15 is 0 Å². The summed E-state index contributed by atoms with van der Waals surface area (Å²) >= 11 is 3.87. The maximum absolute atomic E-state index is 3.87. The predicted octanol–water partition coefficient (Wildman–Crippen LogP) is 9.76. The summed E-state index contributed by atoms with van der Waals surface area (Å²) < 4.78 is 1.16. The van der Waals surface area contributed by atoms with Crippen LogP contribution in [0.1, 0.15) is 0 Å². The third kappa shape index (κ3) is 3.55. The van der Waals surface area contributed by atoms with Gasteiger partial charge in [-0.25, -0.2) is 0 Å². The number of hydrogen-bond donors (Lipinski definition) is 0. The molecule has 0 amide bonds. The van der Waals surface area contributed by atoms with Gasteiger partial charge in [0.1, 0.15) is 0 Å². The van der Waals surface area contributed by atoms with Gasteiger partial charge in [0, 0.05) is 4.47 Å². The van der Waals surface area contributed by atoms with E-state index in [2.05, 4.69) is 143 Å². The molecule has 0 nitrogen and oxygen atoms in total. The SMILES string of the molecule is Brc1c2ccccc2c(-c2cccc(-c3ccc(-c4ccccc4)cc3)c2)c2ccccc12. The molecule has 156 valence electrons. The standard InChI is InChI=1S/C32H21Br/c33-32-29-15-6-4-13-27(29)31(28-14-5-7-16-30(28)32)26-12-8-11-25(21-26)24-19-17-23(18-20-24)22-9-2-1-3-10-22/h1-21H. The molecule has 0 aliphatic carbocycles. The third-order valence-corrected chi connectivity index (χ3v) is 7.20. The fourth-order valence-electron chi connectivity index (χ4n) is 4.73. The molecule has 0 heterocycles. The molecule has 0 atom stereocenters. The summed E-state index contributed by atoms with van der Waals surface area (Å²) in [5, 5.41) is 5.01. The average molecular weight is 485 g/mol. The highest BCUT2D eigenvalue weighted by atomic mass is 79.9. The average Bonchev–Trinajstić information content (AvgIpc) is 2.90. The van der Waals surface area contributed by atoms with Crippen molar-refractivity contribution in [1.29, 1.82) is 0 Å². The predicted molar refractivity (Wildman–Crippen MR) is 145 cm³/mol. The van der Waals surface area contributed by atoms with Gasteiger partial charge >= 0.3 is 0 Å². The fourth-order valence-corrected chi connectivity index (χ4v) is 5.42. The zero-order valence-corrected chi connectivity index (χ0v) is 19.6. The van der Waals surface area contributed by atoms with Crippen molar-refractivity contribution in [2.45, 2.75) is 0 Å². The summed E-state index contributed by atoms with van der Waals surface area (Å²) in [6.07, 6.45) is 0. The zero-order valence-electron chi connectivity index (χ0n) is 18.0. The number of halogens is 1. The minimum Gasteiger partial charge on any atom is -0.0622 e. The summed E-state index contributed by atoms with van der Waals surface area (Å²) in [5.74, 6) is 0. The Kier molecular flexibility index (Phi) is 5.05. The van der Waals surface area contributed by atoms with Crippen molar-refractivity contribution in [3.05, 3.63) is 132 Å². The van der Waals surface area contributed by atoms with E-state index in [0.717, 1.165) is 4.47 Å². The Labute approximate surface area is 202 Å². The van der Waals surface area contributed by atoms with Crippen LogP contribution < -0.4 is 0 Å². The quantitative estimate of drug-likeness (QED) is 0.219. The van der Waals surface area contributed by atoms with Gasteiger partial charge in [-0.1, -0.05) is 121 Å². The van der Waals surface area contributed by atoms with Crippen molar-refractivity contribution in [2.24, 2.45) is 0 Å². The van der Waals surface area contributed by atoms with Crippen LogP contribution in [0.25, 0.3) is 54.9 Å². The molecule has 1 heteroatoms. The van der Waals surface area contributed by atoms with Crippen LogP contribution >= 0.6 is 15.9 Å². The molecule has 0 aromatic heterocycles. The molecule has 0 N–H and O–H groups in total. The second kappa shape index (κ2) is 8.35. The summed E-state index contributed by atoms with van der Waals surface area (Å²) in [5.41, 5.74) is 7.45. The second-order valence-electron chi connectivity index (χ2n) is 8.30. The fraction of sp³-hybridized carbons (Fsp3) is 0. The highest BCUT2D eigenvalue weighted by Crippen LogP contribution is 2.42. The van der Waals surface area contributed by atoms with Crippen molar-refractivity contribution in [1.82, 2.24) is 0 Å². The summed E-state index contributed by atoms with van der Waals surface area (Å²) in [4.78, 5) is 0. The summed E-state index contributed by atoms with van der Waals surface area (Å²) in [6.45, 7) is 0. The lowest BCUT2D eigenvalue weighted by molar-refractivity contribution is 1.58. The molecule has 0 saturated carbocycles. The molecule has 0 aliphatic heterocycles.